The van der Waals surface area contributed by atoms with Crippen LogP contribution in [0.5, 0.6) is 0 Å². The van der Waals surface area contributed by atoms with Crippen molar-refractivity contribution < 1.29 is 14.7 Å². The molecule has 120 valence electrons. The zero-order valence-electron chi connectivity index (χ0n) is 13.4. The summed E-state index contributed by atoms with van der Waals surface area (Å²) in [6, 6.07) is 19.4. The van der Waals surface area contributed by atoms with Gasteiger partial charge < -0.3 is 5.11 Å². The molecule has 0 saturated heterocycles. The van der Waals surface area contributed by atoms with Gasteiger partial charge in [0.1, 0.15) is 5.78 Å². The van der Waals surface area contributed by atoms with Crippen LogP contribution in [0.2, 0.25) is 0 Å². The quantitative estimate of drug-likeness (QED) is 0.794. The van der Waals surface area contributed by atoms with Crippen molar-refractivity contribution >= 4 is 11.8 Å². The molecule has 0 aliphatic carbocycles. The second-order valence-electron chi connectivity index (χ2n) is 5.66. The van der Waals surface area contributed by atoms with Crippen LogP contribution in [0.1, 0.15) is 43.7 Å². The lowest BCUT2D eigenvalue weighted by atomic mass is 9.67. The van der Waals surface area contributed by atoms with E-state index in [9.17, 15) is 9.59 Å². The maximum absolute atomic E-state index is 13.0. The van der Waals surface area contributed by atoms with Crippen LogP contribution in [-0.4, -0.2) is 16.9 Å². The highest BCUT2D eigenvalue weighted by Gasteiger charge is 2.39. The van der Waals surface area contributed by atoms with E-state index in [1.54, 1.807) is 0 Å². The second-order valence-corrected chi connectivity index (χ2v) is 5.66. The molecule has 0 unspecified atom stereocenters. The minimum Gasteiger partial charge on any atom is -0.481 e. The molecule has 2 aromatic rings. The molecule has 0 fully saturated rings. The number of carboxylic acids is 1. The largest absolute Gasteiger partial charge is 0.481 e. The second kappa shape index (κ2) is 7.73. The fourth-order valence-electron chi connectivity index (χ4n) is 3.17. The van der Waals surface area contributed by atoms with Gasteiger partial charge in [-0.1, -0.05) is 67.6 Å². The molecule has 0 heterocycles. The molecule has 23 heavy (non-hydrogen) atoms. The van der Waals surface area contributed by atoms with Crippen LogP contribution in [0.15, 0.2) is 60.7 Å². The molecule has 0 atom stereocenters. The van der Waals surface area contributed by atoms with E-state index >= 15 is 0 Å². The summed E-state index contributed by atoms with van der Waals surface area (Å²) in [5, 5.41) is 8.96. The Bertz CT molecular complexity index is 608. The van der Waals surface area contributed by atoms with Crippen LogP contribution in [0.25, 0.3) is 0 Å². The molecular weight excluding hydrogens is 288 g/mol. The van der Waals surface area contributed by atoms with Crippen LogP contribution in [0.3, 0.4) is 0 Å². The van der Waals surface area contributed by atoms with Crippen LogP contribution in [0.4, 0.5) is 0 Å². The molecule has 0 aliphatic rings. The lowest BCUT2D eigenvalue weighted by Gasteiger charge is -2.33. The first-order valence-corrected chi connectivity index (χ1v) is 7.97. The molecular formula is C20H22O3. The topological polar surface area (TPSA) is 54.4 Å². The molecule has 1 N–H and O–H groups in total. The number of hydrogen-bond acceptors (Lipinski definition) is 2. The van der Waals surface area contributed by atoms with E-state index in [0.717, 1.165) is 11.1 Å². The van der Waals surface area contributed by atoms with Gasteiger partial charge in [0, 0.05) is 12.8 Å². The van der Waals surface area contributed by atoms with E-state index in [0.29, 0.717) is 19.3 Å². The van der Waals surface area contributed by atoms with Gasteiger partial charge in [-0.2, -0.15) is 0 Å². The average molecular weight is 310 g/mol. The first-order chi connectivity index (χ1) is 11.1. The van der Waals surface area contributed by atoms with E-state index in [1.165, 1.54) is 0 Å². The van der Waals surface area contributed by atoms with E-state index in [-0.39, 0.29) is 12.2 Å². The Morgan fingerprint density at radius 2 is 1.39 bits per heavy atom. The summed E-state index contributed by atoms with van der Waals surface area (Å²) < 4.78 is 0. The van der Waals surface area contributed by atoms with Crippen molar-refractivity contribution in [2.45, 2.75) is 38.0 Å². The summed E-state index contributed by atoms with van der Waals surface area (Å²) in [5.74, 6) is -0.704. The fourth-order valence-corrected chi connectivity index (χ4v) is 3.17. The Balaban J connectivity index is 2.54. The Kier molecular flexibility index (Phi) is 5.69. The Morgan fingerprint density at radius 3 is 1.78 bits per heavy atom. The summed E-state index contributed by atoms with van der Waals surface area (Å²) in [6.07, 6.45) is 1.44. The standard InChI is InChI=1S/C20H22O3/c1-2-18(21)20(15-9-14-19(22)23,16-10-5-3-6-11-16)17-12-7-4-8-13-17/h3-8,10-13H,2,9,14-15H2,1H3,(H,22,23). The van der Waals surface area contributed by atoms with Crippen LogP contribution < -0.4 is 0 Å². The highest BCUT2D eigenvalue weighted by atomic mass is 16.4. The Labute approximate surface area is 137 Å². The normalized spacial score (nSPS) is 11.2. The molecule has 0 amide bonds. The summed E-state index contributed by atoms with van der Waals surface area (Å²) in [7, 11) is 0. The molecule has 0 spiro atoms. The maximum Gasteiger partial charge on any atom is 0.303 e. The molecule has 2 aromatic carbocycles. The van der Waals surface area contributed by atoms with Gasteiger partial charge in [0.05, 0.1) is 5.41 Å². The molecule has 2 rings (SSSR count). The third-order valence-electron chi connectivity index (χ3n) is 4.27. The number of ketones is 1. The number of aliphatic carboxylic acids is 1. The van der Waals surface area contributed by atoms with Gasteiger partial charge in [0.2, 0.25) is 0 Å². The van der Waals surface area contributed by atoms with E-state index in [4.69, 9.17) is 5.11 Å². The summed E-state index contributed by atoms with van der Waals surface area (Å²) >= 11 is 0. The van der Waals surface area contributed by atoms with Crippen molar-refractivity contribution in [3.8, 4) is 0 Å². The Morgan fingerprint density at radius 1 is 0.913 bits per heavy atom. The lowest BCUT2D eigenvalue weighted by Crippen LogP contribution is -2.37. The number of Topliss-reactive ketones (excluding diaryl/α,β-unsaturated/α-hetero) is 1. The van der Waals surface area contributed by atoms with E-state index in [1.807, 2.05) is 67.6 Å². The van der Waals surface area contributed by atoms with Gasteiger partial charge >= 0.3 is 5.97 Å². The summed E-state index contributed by atoms with van der Waals surface area (Å²) in [5.41, 5.74) is 1.10. The number of hydrogen-bond donors (Lipinski definition) is 1. The van der Waals surface area contributed by atoms with Crippen LogP contribution in [-0.2, 0) is 15.0 Å². The zero-order valence-corrected chi connectivity index (χ0v) is 13.4. The zero-order chi connectivity index (χ0) is 16.7. The van der Waals surface area contributed by atoms with Gasteiger partial charge in [-0.15, -0.1) is 0 Å². The van der Waals surface area contributed by atoms with Crippen LogP contribution >= 0.6 is 0 Å². The van der Waals surface area contributed by atoms with Gasteiger partial charge in [-0.25, -0.2) is 0 Å². The minimum atomic E-state index is -0.830. The van der Waals surface area contributed by atoms with Crippen molar-refractivity contribution in [1.82, 2.24) is 0 Å². The first-order valence-electron chi connectivity index (χ1n) is 7.97. The van der Waals surface area contributed by atoms with Crippen molar-refractivity contribution in [3.05, 3.63) is 71.8 Å². The van der Waals surface area contributed by atoms with Crippen LogP contribution in [0, 0.1) is 0 Å². The van der Waals surface area contributed by atoms with Gasteiger partial charge in [-0.05, 0) is 24.0 Å². The number of carbonyl (C=O) groups is 2. The summed E-state index contributed by atoms with van der Waals surface area (Å²) in [6.45, 7) is 1.86. The molecule has 0 bridgehead atoms. The maximum atomic E-state index is 13.0. The SMILES string of the molecule is CCC(=O)C(CCCC(=O)O)(c1ccccc1)c1ccccc1. The molecule has 0 aliphatic heterocycles. The van der Waals surface area contributed by atoms with E-state index < -0.39 is 11.4 Å². The van der Waals surface area contributed by atoms with Gasteiger partial charge in [0.25, 0.3) is 0 Å². The van der Waals surface area contributed by atoms with E-state index in [2.05, 4.69) is 0 Å². The van der Waals surface area contributed by atoms with Gasteiger partial charge in [0.15, 0.2) is 0 Å². The van der Waals surface area contributed by atoms with Crippen molar-refractivity contribution in [2.75, 3.05) is 0 Å². The smallest absolute Gasteiger partial charge is 0.303 e. The lowest BCUT2D eigenvalue weighted by molar-refractivity contribution is -0.137. The molecule has 0 aromatic heterocycles. The number of benzene rings is 2. The predicted octanol–water partition coefficient (Wildman–Crippen LogP) is 4.21. The third-order valence-corrected chi connectivity index (χ3v) is 4.27. The number of carbonyl (C=O) groups excluding carboxylic acids is 1. The highest BCUT2D eigenvalue weighted by molar-refractivity contribution is 5.93. The van der Waals surface area contributed by atoms with Crippen molar-refractivity contribution in [2.24, 2.45) is 0 Å². The predicted molar refractivity (Wildman–Crippen MR) is 90.4 cm³/mol. The Hall–Kier alpha value is -2.42. The third kappa shape index (κ3) is 3.67. The molecule has 3 heteroatoms. The monoisotopic (exact) mass is 310 g/mol. The highest BCUT2D eigenvalue weighted by Crippen LogP contribution is 2.39. The van der Waals surface area contributed by atoms with Crippen molar-refractivity contribution in [3.63, 3.8) is 0 Å². The molecule has 3 nitrogen and oxygen atoms in total. The number of rotatable bonds is 8. The fraction of sp³-hybridized carbons (Fsp3) is 0.300. The average Bonchev–Trinajstić information content (AvgIpc) is 2.59. The first kappa shape index (κ1) is 16.9. The molecule has 0 radical (unpaired) electrons. The minimum absolute atomic E-state index is 0.0679. The van der Waals surface area contributed by atoms with Gasteiger partial charge in [-0.3, -0.25) is 9.59 Å². The summed E-state index contributed by atoms with van der Waals surface area (Å²) in [4.78, 5) is 23.9. The number of carboxylic acid groups (broad SMARTS) is 1. The van der Waals surface area contributed by atoms with Crippen molar-refractivity contribution in [1.29, 1.82) is 0 Å². The molecule has 0 saturated carbocycles.